The standard InChI is InChI=1S/C18H22N4O2/c1-12-5-3-6-14(9-12)21-17(23)16-10-13(2)20-18(22-16)19-11-15-7-4-8-24-15/h3,5-6,9-10,15H,4,7-8,11H2,1-2H3,(H,21,23)(H,19,20,22). The number of rotatable bonds is 5. The fourth-order valence-corrected chi connectivity index (χ4v) is 2.69. The molecule has 6 heteroatoms. The monoisotopic (exact) mass is 326 g/mol. The number of anilines is 2. The van der Waals surface area contributed by atoms with Crippen molar-refractivity contribution in [1.29, 1.82) is 0 Å². The Morgan fingerprint density at radius 1 is 1.29 bits per heavy atom. The third-order valence-corrected chi connectivity index (χ3v) is 3.87. The van der Waals surface area contributed by atoms with E-state index in [9.17, 15) is 4.79 Å². The maximum absolute atomic E-state index is 12.4. The molecule has 24 heavy (non-hydrogen) atoms. The summed E-state index contributed by atoms with van der Waals surface area (Å²) in [4.78, 5) is 21.1. The van der Waals surface area contributed by atoms with E-state index in [2.05, 4.69) is 20.6 Å². The van der Waals surface area contributed by atoms with Gasteiger partial charge in [-0.15, -0.1) is 0 Å². The molecule has 1 aromatic heterocycles. The predicted octanol–water partition coefficient (Wildman–Crippen LogP) is 2.94. The summed E-state index contributed by atoms with van der Waals surface area (Å²) in [7, 11) is 0. The molecule has 1 aliphatic heterocycles. The van der Waals surface area contributed by atoms with Gasteiger partial charge in [-0.1, -0.05) is 12.1 Å². The van der Waals surface area contributed by atoms with Gasteiger partial charge in [0.15, 0.2) is 0 Å². The summed E-state index contributed by atoms with van der Waals surface area (Å²) in [6, 6.07) is 9.35. The van der Waals surface area contributed by atoms with Crippen LogP contribution in [0.2, 0.25) is 0 Å². The topological polar surface area (TPSA) is 76.1 Å². The minimum absolute atomic E-state index is 0.193. The van der Waals surface area contributed by atoms with Crippen molar-refractivity contribution in [1.82, 2.24) is 9.97 Å². The number of aromatic nitrogens is 2. The van der Waals surface area contributed by atoms with Crippen molar-refractivity contribution >= 4 is 17.5 Å². The van der Waals surface area contributed by atoms with E-state index in [1.807, 2.05) is 38.1 Å². The lowest BCUT2D eigenvalue weighted by atomic mass is 10.2. The smallest absolute Gasteiger partial charge is 0.274 e. The summed E-state index contributed by atoms with van der Waals surface area (Å²) < 4.78 is 5.58. The first-order valence-electron chi connectivity index (χ1n) is 8.19. The van der Waals surface area contributed by atoms with Gasteiger partial charge in [0.05, 0.1) is 6.10 Å². The lowest BCUT2D eigenvalue weighted by Gasteiger charge is -2.12. The number of ether oxygens (including phenoxy) is 1. The number of carbonyl (C=O) groups is 1. The first-order chi connectivity index (χ1) is 11.6. The number of carbonyl (C=O) groups excluding carboxylic acids is 1. The fraction of sp³-hybridized carbons (Fsp3) is 0.389. The van der Waals surface area contributed by atoms with Crippen LogP contribution in [0, 0.1) is 13.8 Å². The normalized spacial score (nSPS) is 16.8. The number of nitrogens with one attached hydrogen (secondary N) is 2. The van der Waals surface area contributed by atoms with Crippen LogP contribution >= 0.6 is 0 Å². The van der Waals surface area contributed by atoms with Gasteiger partial charge in [0, 0.05) is 24.5 Å². The Balaban J connectivity index is 1.68. The van der Waals surface area contributed by atoms with Crippen LogP contribution in [0.3, 0.4) is 0 Å². The Labute approximate surface area is 141 Å². The van der Waals surface area contributed by atoms with Gasteiger partial charge in [-0.2, -0.15) is 0 Å². The molecule has 0 bridgehead atoms. The van der Waals surface area contributed by atoms with Crippen molar-refractivity contribution in [3.63, 3.8) is 0 Å². The minimum atomic E-state index is -0.244. The molecule has 1 unspecified atom stereocenters. The highest BCUT2D eigenvalue weighted by molar-refractivity contribution is 6.03. The number of amides is 1. The molecule has 1 amide bonds. The van der Waals surface area contributed by atoms with Gasteiger partial charge in [0.2, 0.25) is 5.95 Å². The highest BCUT2D eigenvalue weighted by Gasteiger charge is 2.16. The molecule has 126 valence electrons. The number of aryl methyl sites for hydroxylation is 2. The van der Waals surface area contributed by atoms with E-state index in [4.69, 9.17) is 4.74 Å². The van der Waals surface area contributed by atoms with Gasteiger partial charge in [0.1, 0.15) is 5.69 Å². The van der Waals surface area contributed by atoms with E-state index in [1.54, 1.807) is 6.07 Å². The van der Waals surface area contributed by atoms with Gasteiger partial charge >= 0.3 is 0 Å². The molecular weight excluding hydrogens is 304 g/mol. The molecule has 2 aromatic rings. The van der Waals surface area contributed by atoms with E-state index in [1.165, 1.54) is 0 Å². The average Bonchev–Trinajstić information content (AvgIpc) is 3.06. The lowest BCUT2D eigenvalue weighted by Crippen LogP contribution is -2.21. The Morgan fingerprint density at radius 2 is 2.17 bits per heavy atom. The van der Waals surface area contributed by atoms with Crippen LogP contribution in [-0.2, 0) is 4.74 Å². The summed E-state index contributed by atoms with van der Waals surface area (Å²) in [5.74, 6) is 0.214. The first kappa shape index (κ1) is 16.4. The lowest BCUT2D eigenvalue weighted by molar-refractivity contribution is 0.102. The maximum atomic E-state index is 12.4. The SMILES string of the molecule is Cc1cccc(NC(=O)c2cc(C)nc(NCC3CCCO3)n2)c1. The van der Waals surface area contributed by atoms with Gasteiger partial charge in [-0.05, 0) is 50.5 Å². The Bertz CT molecular complexity index is 727. The highest BCUT2D eigenvalue weighted by atomic mass is 16.5. The van der Waals surface area contributed by atoms with Crippen molar-refractivity contribution in [2.45, 2.75) is 32.8 Å². The number of hydrogen-bond acceptors (Lipinski definition) is 5. The van der Waals surface area contributed by atoms with Crippen molar-refractivity contribution < 1.29 is 9.53 Å². The van der Waals surface area contributed by atoms with E-state index in [-0.39, 0.29) is 12.0 Å². The van der Waals surface area contributed by atoms with Crippen molar-refractivity contribution in [2.24, 2.45) is 0 Å². The second-order valence-electron chi connectivity index (χ2n) is 6.06. The van der Waals surface area contributed by atoms with E-state index >= 15 is 0 Å². The molecule has 1 aliphatic rings. The van der Waals surface area contributed by atoms with Crippen LogP contribution in [0.5, 0.6) is 0 Å². The van der Waals surface area contributed by atoms with Crippen molar-refractivity contribution in [3.8, 4) is 0 Å². The van der Waals surface area contributed by atoms with Crippen LogP contribution in [-0.4, -0.2) is 35.1 Å². The molecule has 1 aromatic carbocycles. The number of hydrogen-bond donors (Lipinski definition) is 2. The van der Waals surface area contributed by atoms with E-state index in [0.29, 0.717) is 18.2 Å². The Hall–Kier alpha value is -2.47. The van der Waals surface area contributed by atoms with Gasteiger partial charge in [0.25, 0.3) is 5.91 Å². The van der Waals surface area contributed by atoms with Crippen LogP contribution in [0.15, 0.2) is 30.3 Å². The molecule has 6 nitrogen and oxygen atoms in total. The summed E-state index contributed by atoms with van der Waals surface area (Å²) >= 11 is 0. The molecular formula is C18H22N4O2. The Morgan fingerprint density at radius 3 is 2.92 bits per heavy atom. The molecule has 0 saturated carbocycles. The molecule has 1 fully saturated rings. The van der Waals surface area contributed by atoms with Crippen molar-refractivity contribution in [2.75, 3.05) is 23.8 Å². The predicted molar refractivity (Wildman–Crippen MR) is 93.4 cm³/mol. The van der Waals surface area contributed by atoms with Crippen molar-refractivity contribution in [3.05, 3.63) is 47.3 Å². The van der Waals surface area contributed by atoms with Crippen LogP contribution in [0.4, 0.5) is 11.6 Å². The summed E-state index contributed by atoms with van der Waals surface area (Å²) in [6.07, 6.45) is 2.32. The fourth-order valence-electron chi connectivity index (χ4n) is 2.69. The van der Waals surface area contributed by atoms with Gasteiger partial charge < -0.3 is 15.4 Å². The zero-order valence-electron chi connectivity index (χ0n) is 14.0. The van der Waals surface area contributed by atoms with Gasteiger partial charge in [-0.3, -0.25) is 4.79 Å². The number of nitrogens with zero attached hydrogens (tertiary/aromatic N) is 2. The molecule has 1 saturated heterocycles. The van der Waals surface area contributed by atoms with E-state index < -0.39 is 0 Å². The quantitative estimate of drug-likeness (QED) is 0.883. The molecule has 0 spiro atoms. The summed E-state index contributed by atoms with van der Waals surface area (Å²) in [5, 5.41) is 6.04. The molecule has 1 atom stereocenters. The largest absolute Gasteiger partial charge is 0.376 e. The molecule has 2 N–H and O–H groups in total. The second kappa shape index (κ2) is 7.40. The molecule has 0 radical (unpaired) electrons. The molecule has 2 heterocycles. The third kappa shape index (κ3) is 4.29. The highest BCUT2D eigenvalue weighted by Crippen LogP contribution is 2.14. The first-order valence-corrected chi connectivity index (χ1v) is 8.19. The minimum Gasteiger partial charge on any atom is -0.376 e. The van der Waals surface area contributed by atoms with Gasteiger partial charge in [-0.25, -0.2) is 9.97 Å². The summed E-state index contributed by atoms with van der Waals surface area (Å²) in [6.45, 7) is 5.30. The third-order valence-electron chi connectivity index (χ3n) is 3.87. The van der Waals surface area contributed by atoms with Crippen LogP contribution in [0.1, 0.15) is 34.6 Å². The average molecular weight is 326 g/mol. The maximum Gasteiger partial charge on any atom is 0.274 e. The van der Waals surface area contributed by atoms with Crippen LogP contribution < -0.4 is 10.6 Å². The second-order valence-corrected chi connectivity index (χ2v) is 6.06. The number of benzene rings is 1. The zero-order valence-corrected chi connectivity index (χ0v) is 14.0. The van der Waals surface area contributed by atoms with Crippen LogP contribution in [0.25, 0.3) is 0 Å². The zero-order chi connectivity index (χ0) is 16.9. The molecule has 0 aliphatic carbocycles. The van der Waals surface area contributed by atoms with E-state index in [0.717, 1.165) is 36.4 Å². The summed E-state index contributed by atoms with van der Waals surface area (Å²) in [5.41, 5.74) is 2.93. The Kier molecular flexibility index (Phi) is 5.05. The molecule has 3 rings (SSSR count).